The molecule has 1 aromatic heterocycles. The molecule has 20 heavy (non-hydrogen) atoms. The molecule has 0 saturated heterocycles. The van der Waals surface area contributed by atoms with Gasteiger partial charge in [0.05, 0.1) is 23.0 Å². The standard InChI is InChI=1S/C13H17N3O3S/c1-20(18,19)9-7-14-6-8-16-10-15-12-5-3-2-4-11(12)13(16)17/h2-5,10,14H,6-9H2,1H3. The molecule has 0 unspecified atom stereocenters. The van der Waals surface area contributed by atoms with Crippen LogP contribution >= 0.6 is 0 Å². The molecule has 1 N–H and O–H groups in total. The summed E-state index contributed by atoms with van der Waals surface area (Å²) in [7, 11) is -2.95. The monoisotopic (exact) mass is 295 g/mol. The van der Waals surface area contributed by atoms with Gasteiger partial charge in [-0.25, -0.2) is 13.4 Å². The first-order valence-corrected chi connectivity index (χ1v) is 8.36. The van der Waals surface area contributed by atoms with Crippen molar-refractivity contribution in [1.29, 1.82) is 0 Å². The van der Waals surface area contributed by atoms with Crippen LogP contribution < -0.4 is 10.9 Å². The van der Waals surface area contributed by atoms with Crippen molar-refractivity contribution in [3.05, 3.63) is 40.9 Å². The minimum absolute atomic E-state index is 0.0829. The Kier molecular flexibility index (Phi) is 4.51. The van der Waals surface area contributed by atoms with E-state index in [0.717, 1.165) is 0 Å². The fraction of sp³-hybridized carbons (Fsp3) is 0.385. The number of fused-ring (bicyclic) bond motifs is 1. The normalized spacial score (nSPS) is 11.8. The van der Waals surface area contributed by atoms with Gasteiger partial charge in [-0.3, -0.25) is 9.36 Å². The molecule has 2 aromatic rings. The van der Waals surface area contributed by atoms with Gasteiger partial charge in [0.15, 0.2) is 0 Å². The van der Waals surface area contributed by atoms with Gasteiger partial charge < -0.3 is 5.32 Å². The summed E-state index contributed by atoms with van der Waals surface area (Å²) in [5.74, 6) is 0.0951. The van der Waals surface area contributed by atoms with Crippen molar-refractivity contribution in [2.24, 2.45) is 0 Å². The van der Waals surface area contributed by atoms with Gasteiger partial charge >= 0.3 is 0 Å². The summed E-state index contributed by atoms with van der Waals surface area (Å²) in [6.45, 7) is 1.37. The fourth-order valence-electron chi connectivity index (χ4n) is 1.85. The highest BCUT2D eigenvalue weighted by Crippen LogP contribution is 2.04. The summed E-state index contributed by atoms with van der Waals surface area (Å²) in [6.07, 6.45) is 2.72. The van der Waals surface area contributed by atoms with E-state index >= 15 is 0 Å². The molecule has 0 aliphatic carbocycles. The van der Waals surface area contributed by atoms with Crippen molar-refractivity contribution in [3.63, 3.8) is 0 Å². The molecule has 1 heterocycles. The Morgan fingerprint density at radius 1 is 1.25 bits per heavy atom. The number of rotatable bonds is 6. The van der Waals surface area contributed by atoms with Crippen molar-refractivity contribution >= 4 is 20.7 Å². The molecule has 0 atom stereocenters. The minimum Gasteiger partial charge on any atom is -0.314 e. The molecular weight excluding hydrogens is 278 g/mol. The highest BCUT2D eigenvalue weighted by Gasteiger charge is 2.03. The van der Waals surface area contributed by atoms with Crippen LogP contribution in [0.4, 0.5) is 0 Å². The maximum absolute atomic E-state index is 12.2. The highest BCUT2D eigenvalue weighted by molar-refractivity contribution is 7.90. The Balaban J connectivity index is 1.97. The molecule has 0 saturated carbocycles. The first kappa shape index (κ1) is 14.7. The van der Waals surface area contributed by atoms with E-state index in [4.69, 9.17) is 0 Å². The summed E-state index contributed by atoms with van der Waals surface area (Å²) < 4.78 is 23.4. The fourth-order valence-corrected chi connectivity index (χ4v) is 2.36. The first-order valence-electron chi connectivity index (χ1n) is 6.30. The maximum Gasteiger partial charge on any atom is 0.261 e. The summed E-state index contributed by atoms with van der Waals surface area (Å²) in [6, 6.07) is 7.19. The lowest BCUT2D eigenvalue weighted by atomic mass is 10.2. The van der Waals surface area contributed by atoms with Crippen LogP contribution in [0.5, 0.6) is 0 Å². The highest BCUT2D eigenvalue weighted by atomic mass is 32.2. The Labute approximate surface area is 117 Å². The van der Waals surface area contributed by atoms with E-state index in [0.29, 0.717) is 30.5 Å². The number of nitrogens with zero attached hydrogens (tertiary/aromatic N) is 2. The quantitative estimate of drug-likeness (QED) is 0.761. The minimum atomic E-state index is -2.95. The summed E-state index contributed by atoms with van der Waals surface area (Å²) in [5.41, 5.74) is 0.597. The third kappa shape index (κ3) is 3.88. The van der Waals surface area contributed by atoms with Gasteiger partial charge in [0.25, 0.3) is 5.56 Å². The number of nitrogens with one attached hydrogen (secondary N) is 1. The Hall–Kier alpha value is -1.73. The van der Waals surface area contributed by atoms with Gasteiger partial charge in [0.1, 0.15) is 9.84 Å². The number of benzene rings is 1. The smallest absolute Gasteiger partial charge is 0.261 e. The van der Waals surface area contributed by atoms with E-state index < -0.39 is 9.84 Å². The molecule has 0 aliphatic rings. The maximum atomic E-state index is 12.2. The Bertz CT molecular complexity index is 753. The SMILES string of the molecule is CS(=O)(=O)CCNCCn1cnc2ccccc2c1=O. The van der Waals surface area contributed by atoms with Crippen LogP contribution in [0, 0.1) is 0 Å². The van der Waals surface area contributed by atoms with Gasteiger partial charge in [0, 0.05) is 25.9 Å². The largest absolute Gasteiger partial charge is 0.314 e. The second kappa shape index (κ2) is 6.15. The summed E-state index contributed by atoms with van der Waals surface area (Å²) in [4.78, 5) is 16.4. The summed E-state index contributed by atoms with van der Waals surface area (Å²) >= 11 is 0. The molecule has 2 rings (SSSR count). The molecule has 6 nitrogen and oxygen atoms in total. The van der Waals surface area contributed by atoms with Crippen molar-refractivity contribution in [2.75, 3.05) is 25.1 Å². The number of hydrogen-bond acceptors (Lipinski definition) is 5. The van der Waals surface area contributed by atoms with Crippen LogP contribution in [0.15, 0.2) is 35.4 Å². The molecule has 0 radical (unpaired) electrons. The number of aromatic nitrogens is 2. The van der Waals surface area contributed by atoms with Gasteiger partial charge in [-0.1, -0.05) is 12.1 Å². The predicted molar refractivity (Wildman–Crippen MR) is 78.6 cm³/mol. The number of para-hydroxylation sites is 1. The Morgan fingerprint density at radius 3 is 2.75 bits per heavy atom. The molecule has 0 amide bonds. The van der Waals surface area contributed by atoms with Crippen LogP contribution in [-0.2, 0) is 16.4 Å². The lowest BCUT2D eigenvalue weighted by Gasteiger charge is -2.07. The van der Waals surface area contributed by atoms with E-state index in [1.165, 1.54) is 17.2 Å². The Morgan fingerprint density at radius 2 is 2.00 bits per heavy atom. The number of hydrogen-bond donors (Lipinski definition) is 1. The van der Waals surface area contributed by atoms with Crippen LogP contribution in [0.2, 0.25) is 0 Å². The van der Waals surface area contributed by atoms with E-state index in [2.05, 4.69) is 10.3 Å². The third-order valence-electron chi connectivity index (χ3n) is 2.91. The van der Waals surface area contributed by atoms with Gasteiger partial charge in [-0.15, -0.1) is 0 Å². The average Bonchev–Trinajstić information content (AvgIpc) is 2.40. The van der Waals surface area contributed by atoms with E-state index in [-0.39, 0.29) is 11.3 Å². The molecule has 108 valence electrons. The van der Waals surface area contributed by atoms with Crippen LogP contribution in [0.25, 0.3) is 10.9 Å². The van der Waals surface area contributed by atoms with Crippen LogP contribution in [-0.4, -0.2) is 43.1 Å². The van der Waals surface area contributed by atoms with E-state index in [9.17, 15) is 13.2 Å². The lowest BCUT2D eigenvalue weighted by molar-refractivity contribution is 0.580. The molecular formula is C13H17N3O3S. The van der Waals surface area contributed by atoms with Crippen molar-refractivity contribution in [3.8, 4) is 0 Å². The van der Waals surface area contributed by atoms with E-state index in [1.54, 1.807) is 18.2 Å². The second-order valence-corrected chi connectivity index (χ2v) is 6.90. The van der Waals surface area contributed by atoms with E-state index in [1.807, 2.05) is 6.07 Å². The second-order valence-electron chi connectivity index (χ2n) is 4.64. The lowest BCUT2D eigenvalue weighted by Crippen LogP contribution is -2.29. The average molecular weight is 295 g/mol. The van der Waals surface area contributed by atoms with Crippen molar-refractivity contribution in [2.45, 2.75) is 6.54 Å². The first-order chi connectivity index (χ1) is 9.47. The van der Waals surface area contributed by atoms with Crippen molar-refractivity contribution in [1.82, 2.24) is 14.9 Å². The topological polar surface area (TPSA) is 81.1 Å². The van der Waals surface area contributed by atoms with Crippen LogP contribution in [0.1, 0.15) is 0 Å². The molecule has 0 bridgehead atoms. The van der Waals surface area contributed by atoms with Gasteiger partial charge in [-0.05, 0) is 12.1 Å². The molecule has 1 aromatic carbocycles. The third-order valence-corrected chi connectivity index (χ3v) is 3.86. The zero-order valence-electron chi connectivity index (χ0n) is 11.2. The molecule has 0 spiro atoms. The molecule has 0 aliphatic heterocycles. The number of sulfone groups is 1. The van der Waals surface area contributed by atoms with Gasteiger partial charge in [0.2, 0.25) is 0 Å². The van der Waals surface area contributed by atoms with Crippen molar-refractivity contribution < 1.29 is 8.42 Å². The molecule has 0 fully saturated rings. The molecule has 7 heteroatoms. The van der Waals surface area contributed by atoms with Gasteiger partial charge in [-0.2, -0.15) is 0 Å². The van der Waals surface area contributed by atoms with Crippen LogP contribution in [0.3, 0.4) is 0 Å². The zero-order valence-corrected chi connectivity index (χ0v) is 12.1. The zero-order chi connectivity index (χ0) is 14.6. The summed E-state index contributed by atoms with van der Waals surface area (Å²) in [5, 5.41) is 3.59. The predicted octanol–water partition coefficient (Wildman–Crippen LogP) is 0.0307.